The summed E-state index contributed by atoms with van der Waals surface area (Å²) in [6.45, 7) is 4.17. The molecule has 0 spiro atoms. The van der Waals surface area contributed by atoms with Gasteiger partial charge in [0.05, 0.1) is 18.8 Å². The van der Waals surface area contributed by atoms with Gasteiger partial charge in [0, 0.05) is 0 Å². The summed E-state index contributed by atoms with van der Waals surface area (Å²) in [6.07, 6.45) is 74.6. The van der Waals surface area contributed by atoms with E-state index < -0.39 is 24.2 Å². The van der Waals surface area contributed by atoms with E-state index in [1.54, 1.807) is 6.08 Å². The fourth-order valence-corrected chi connectivity index (χ4v) is 8.60. The zero-order valence-corrected chi connectivity index (χ0v) is 43.4. The molecule has 0 aliphatic rings. The number of rotatable bonds is 52. The first kappa shape index (κ1) is 63.0. The van der Waals surface area contributed by atoms with Crippen molar-refractivity contribution in [3.8, 4) is 0 Å². The number of nitrogens with one attached hydrogen (secondary N) is 1. The SMILES string of the molecule is CCCCCCC/C=C/CC/C=C/CC/C=C/C(O)C(CO)NC(=O)C(O)CCCCCCCCCCCCCCCCCC/C=C\C/C=C\CCCCCCCCCCCCCCC. The first-order valence-electron chi connectivity index (χ1n) is 28.6. The number of hydrogen-bond donors (Lipinski definition) is 4. The summed E-state index contributed by atoms with van der Waals surface area (Å²) in [5.74, 6) is -0.517. The molecule has 0 saturated heterocycles. The van der Waals surface area contributed by atoms with E-state index in [9.17, 15) is 20.1 Å². The van der Waals surface area contributed by atoms with Gasteiger partial charge in [0.25, 0.3) is 0 Å². The normalized spacial score (nSPS) is 13.7. The highest BCUT2D eigenvalue weighted by Crippen LogP contribution is 2.16. The molecule has 0 aromatic rings. The monoisotopic (exact) mass is 910 g/mol. The van der Waals surface area contributed by atoms with E-state index in [2.05, 4.69) is 67.8 Å². The van der Waals surface area contributed by atoms with Crippen LogP contribution in [0.1, 0.15) is 290 Å². The molecular weight excluding hydrogens is 799 g/mol. The second kappa shape index (κ2) is 54.7. The number of unbranched alkanes of at least 4 members (excludes halogenated alkanes) is 36. The Morgan fingerprint density at radius 2 is 0.677 bits per heavy atom. The first-order chi connectivity index (χ1) is 32.1. The lowest BCUT2D eigenvalue weighted by molar-refractivity contribution is -0.131. The summed E-state index contributed by atoms with van der Waals surface area (Å²) in [4.78, 5) is 12.5. The molecule has 0 heterocycles. The Morgan fingerprint density at radius 1 is 0.385 bits per heavy atom. The lowest BCUT2D eigenvalue weighted by Gasteiger charge is -2.21. The molecule has 0 aromatic heterocycles. The van der Waals surface area contributed by atoms with Gasteiger partial charge in [-0.2, -0.15) is 0 Å². The van der Waals surface area contributed by atoms with Gasteiger partial charge in [0.2, 0.25) is 5.91 Å². The van der Waals surface area contributed by atoms with Crippen molar-refractivity contribution in [3.05, 3.63) is 60.8 Å². The molecule has 380 valence electrons. The van der Waals surface area contributed by atoms with Crippen molar-refractivity contribution >= 4 is 5.91 Å². The lowest BCUT2D eigenvalue weighted by atomic mass is 10.0. The third-order valence-corrected chi connectivity index (χ3v) is 13.1. The maximum absolute atomic E-state index is 12.5. The van der Waals surface area contributed by atoms with Crippen molar-refractivity contribution in [1.82, 2.24) is 5.32 Å². The van der Waals surface area contributed by atoms with Gasteiger partial charge in [-0.1, -0.05) is 274 Å². The number of allylic oxidation sites excluding steroid dienone is 9. The standard InChI is InChI=1S/C60H111NO4/c1-3-5-7-9-11-13-15-17-19-20-21-22-23-24-25-26-27-28-29-30-31-32-33-34-35-36-37-38-39-41-43-45-47-49-51-53-55-59(64)60(65)61-57(56-62)58(63)54-52-50-48-46-44-42-40-18-16-14-12-10-8-6-4-2/h16,18,25-26,28-29,44,46,52,54,57-59,62-64H,3-15,17,19-24,27,30-43,45,47-51,53,55-56H2,1-2H3,(H,61,65)/b18-16+,26-25-,29-28-,46-44+,54-52+. The van der Waals surface area contributed by atoms with Crippen LogP contribution in [0.5, 0.6) is 0 Å². The van der Waals surface area contributed by atoms with Crippen molar-refractivity contribution in [2.75, 3.05) is 6.61 Å². The van der Waals surface area contributed by atoms with Crippen LogP contribution in [0.25, 0.3) is 0 Å². The van der Waals surface area contributed by atoms with Crippen LogP contribution in [0.3, 0.4) is 0 Å². The van der Waals surface area contributed by atoms with Crippen molar-refractivity contribution in [2.24, 2.45) is 0 Å². The molecule has 65 heavy (non-hydrogen) atoms. The Morgan fingerprint density at radius 3 is 1.03 bits per heavy atom. The predicted molar refractivity (Wildman–Crippen MR) is 287 cm³/mol. The average molecular weight is 911 g/mol. The maximum atomic E-state index is 12.5. The van der Waals surface area contributed by atoms with Crippen LogP contribution in [0.15, 0.2) is 60.8 Å². The summed E-state index contributed by atoms with van der Waals surface area (Å²) in [5, 5.41) is 33.2. The number of aliphatic hydroxyl groups is 3. The molecule has 5 nitrogen and oxygen atoms in total. The summed E-state index contributed by atoms with van der Waals surface area (Å²) in [5.41, 5.74) is 0. The highest BCUT2D eigenvalue weighted by molar-refractivity contribution is 5.80. The lowest BCUT2D eigenvalue weighted by Crippen LogP contribution is -2.48. The molecular formula is C60H111NO4. The molecule has 4 N–H and O–H groups in total. The molecule has 0 aliphatic carbocycles. The van der Waals surface area contributed by atoms with Crippen LogP contribution < -0.4 is 5.32 Å². The summed E-state index contributed by atoms with van der Waals surface area (Å²) in [6, 6.07) is -0.822. The number of hydrogen-bond acceptors (Lipinski definition) is 4. The Balaban J connectivity index is 3.54. The topological polar surface area (TPSA) is 89.8 Å². The van der Waals surface area contributed by atoms with Crippen LogP contribution in [0, 0.1) is 0 Å². The molecule has 0 aliphatic heterocycles. The van der Waals surface area contributed by atoms with Crippen LogP contribution in [-0.2, 0) is 4.79 Å². The van der Waals surface area contributed by atoms with E-state index in [1.165, 1.54) is 218 Å². The molecule has 0 fully saturated rings. The van der Waals surface area contributed by atoms with Gasteiger partial charge in [0.1, 0.15) is 6.10 Å². The van der Waals surface area contributed by atoms with Gasteiger partial charge in [-0.15, -0.1) is 0 Å². The molecule has 0 rings (SSSR count). The zero-order chi connectivity index (χ0) is 47.2. The summed E-state index contributed by atoms with van der Waals surface area (Å²) in [7, 11) is 0. The third kappa shape index (κ3) is 49.8. The van der Waals surface area contributed by atoms with Crippen molar-refractivity contribution in [3.63, 3.8) is 0 Å². The quantitative estimate of drug-likeness (QED) is 0.0362. The van der Waals surface area contributed by atoms with Gasteiger partial charge in [0.15, 0.2) is 0 Å². The number of amides is 1. The van der Waals surface area contributed by atoms with Crippen LogP contribution in [0.2, 0.25) is 0 Å². The van der Waals surface area contributed by atoms with Crippen LogP contribution in [-0.4, -0.2) is 46.1 Å². The fourth-order valence-electron chi connectivity index (χ4n) is 8.60. The maximum Gasteiger partial charge on any atom is 0.249 e. The average Bonchev–Trinajstić information content (AvgIpc) is 3.31. The van der Waals surface area contributed by atoms with Gasteiger partial charge in [-0.25, -0.2) is 0 Å². The Kier molecular flexibility index (Phi) is 53.0. The Bertz CT molecular complexity index is 1090. The van der Waals surface area contributed by atoms with E-state index in [-0.39, 0.29) is 6.61 Å². The second-order valence-electron chi connectivity index (χ2n) is 19.5. The highest BCUT2D eigenvalue weighted by Gasteiger charge is 2.22. The first-order valence-corrected chi connectivity index (χ1v) is 28.6. The molecule has 0 bridgehead atoms. The predicted octanol–water partition coefficient (Wildman–Crippen LogP) is 17.8. The molecule has 1 amide bonds. The summed E-state index contributed by atoms with van der Waals surface area (Å²) >= 11 is 0. The van der Waals surface area contributed by atoms with Gasteiger partial charge in [-0.3, -0.25) is 4.79 Å². The molecule has 0 saturated carbocycles. The molecule has 0 aromatic carbocycles. The number of carbonyl (C=O) groups is 1. The molecule has 5 heteroatoms. The van der Waals surface area contributed by atoms with E-state index in [0.717, 1.165) is 51.4 Å². The smallest absolute Gasteiger partial charge is 0.249 e. The number of carbonyl (C=O) groups excluding carboxylic acids is 1. The number of aliphatic hydroxyl groups excluding tert-OH is 3. The summed E-state index contributed by atoms with van der Waals surface area (Å²) < 4.78 is 0. The van der Waals surface area contributed by atoms with E-state index >= 15 is 0 Å². The van der Waals surface area contributed by atoms with Crippen LogP contribution >= 0.6 is 0 Å². The van der Waals surface area contributed by atoms with E-state index in [4.69, 9.17) is 0 Å². The highest BCUT2D eigenvalue weighted by atomic mass is 16.3. The molecule has 3 unspecified atom stereocenters. The van der Waals surface area contributed by atoms with Gasteiger partial charge < -0.3 is 20.6 Å². The Labute approximate surface area is 405 Å². The largest absolute Gasteiger partial charge is 0.394 e. The minimum Gasteiger partial charge on any atom is -0.394 e. The molecule has 0 radical (unpaired) electrons. The van der Waals surface area contributed by atoms with Crippen molar-refractivity contribution < 1.29 is 20.1 Å². The van der Waals surface area contributed by atoms with Crippen molar-refractivity contribution in [2.45, 2.75) is 308 Å². The van der Waals surface area contributed by atoms with Crippen molar-refractivity contribution in [1.29, 1.82) is 0 Å². The zero-order valence-electron chi connectivity index (χ0n) is 43.4. The van der Waals surface area contributed by atoms with E-state index in [0.29, 0.717) is 6.42 Å². The molecule has 3 atom stereocenters. The minimum atomic E-state index is -1.11. The van der Waals surface area contributed by atoms with Gasteiger partial charge in [-0.05, 0) is 77.0 Å². The minimum absolute atomic E-state index is 0.382. The second-order valence-corrected chi connectivity index (χ2v) is 19.5. The van der Waals surface area contributed by atoms with E-state index in [1.807, 2.05) is 6.08 Å². The Hall–Kier alpha value is -1.95. The third-order valence-electron chi connectivity index (χ3n) is 13.1. The fraction of sp³-hybridized carbons (Fsp3) is 0.817. The van der Waals surface area contributed by atoms with Crippen LogP contribution in [0.4, 0.5) is 0 Å². The van der Waals surface area contributed by atoms with Gasteiger partial charge >= 0.3 is 0 Å².